The molecule has 4 rings (SSSR count). The van der Waals surface area contributed by atoms with Gasteiger partial charge in [0.2, 0.25) is 11.6 Å². The summed E-state index contributed by atoms with van der Waals surface area (Å²) in [6, 6.07) is 11.4. The number of nitrogens with zero attached hydrogens (tertiary/aromatic N) is 6. The largest absolute Gasteiger partial charge is 0.378 e. The molecule has 0 fully saturated rings. The molecule has 11 heteroatoms. The normalized spacial score (nSPS) is 11.2. The zero-order chi connectivity index (χ0) is 19.5. The Hall–Kier alpha value is -3.86. The highest BCUT2D eigenvalue weighted by Gasteiger charge is 2.25. The van der Waals surface area contributed by atoms with E-state index in [0.29, 0.717) is 5.69 Å². The van der Waals surface area contributed by atoms with Crippen molar-refractivity contribution in [2.45, 2.75) is 6.92 Å². The van der Waals surface area contributed by atoms with Gasteiger partial charge in [0.05, 0.1) is 11.1 Å². The molecule has 1 amide bonds. The van der Waals surface area contributed by atoms with Crippen LogP contribution in [0.3, 0.4) is 0 Å². The molecule has 3 aromatic heterocycles. The minimum Gasteiger partial charge on any atom is -0.378 e. The summed E-state index contributed by atoms with van der Waals surface area (Å²) in [7, 11) is 0. The fourth-order valence-electron chi connectivity index (χ4n) is 2.43. The van der Waals surface area contributed by atoms with Crippen LogP contribution in [-0.4, -0.2) is 37.4 Å². The van der Waals surface area contributed by atoms with E-state index in [1.807, 2.05) is 48.7 Å². The minimum atomic E-state index is -0.520. The Bertz CT molecular complexity index is 1130. The molecule has 28 heavy (non-hydrogen) atoms. The topological polar surface area (TPSA) is 137 Å². The lowest BCUT2D eigenvalue weighted by Crippen LogP contribution is -2.19. The van der Waals surface area contributed by atoms with E-state index in [9.17, 15) is 4.79 Å². The Labute approximate surface area is 162 Å². The Morgan fingerprint density at radius 1 is 1.29 bits per heavy atom. The number of hydrazone groups is 1. The molecular formula is C17H14N8O2S. The third-order valence-electron chi connectivity index (χ3n) is 3.79. The number of amides is 1. The lowest BCUT2D eigenvalue weighted by molar-refractivity contribution is 0.0951. The fourth-order valence-corrected chi connectivity index (χ4v) is 3.18. The first-order chi connectivity index (χ1) is 13.6. The Morgan fingerprint density at radius 3 is 2.79 bits per heavy atom. The second kappa shape index (κ2) is 7.40. The van der Waals surface area contributed by atoms with E-state index < -0.39 is 5.91 Å². The number of hydrogen-bond acceptors (Lipinski definition) is 9. The van der Waals surface area contributed by atoms with Crippen molar-refractivity contribution in [3.63, 3.8) is 0 Å². The fraction of sp³-hybridized carbons (Fsp3) is 0.0588. The van der Waals surface area contributed by atoms with Crippen LogP contribution in [0.2, 0.25) is 0 Å². The molecule has 0 aliphatic rings. The van der Waals surface area contributed by atoms with E-state index in [4.69, 9.17) is 5.73 Å². The zero-order valence-corrected chi connectivity index (χ0v) is 15.4. The van der Waals surface area contributed by atoms with Crippen LogP contribution < -0.4 is 11.2 Å². The van der Waals surface area contributed by atoms with Gasteiger partial charge in [0.1, 0.15) is 5.69 Å². The van der Waals surface area contributed by atoms with Crippen LogP contribution in [0.5, 0.6) is 0 Å². The van der Waals surface area contributed by atoms with E-state index in [1.54, 1.807) is 6.21 Å². The summed E-state index contributed by atoms with van der Waals surface area (Å²) in [5.41, 5.74) is 10.7. The average molecular weight is 394 g/mol. The highest BCUT2D eigenvalue weighted by atomic mass is 32.1. The number of hydrogen-bond donors (Lipinski definition) is 2. The summed E-state index contributed by atoms with van der Waals surface area (Å²) >= 11 is 1.41. The van der Waals surface area contributed by atoms with E-state index in [2.05, 4.69) is 35.8 Å². The number of rotatable bonds is 5. The molecule has 10 nitrogen and oxygen atoms in total. The number of thiophene rings is 1. The van der Waals surface area contributed by atoms with Gasteiger partial charge in [0.15, 0.2) is 5.69 Å². The van der Waals surface area contributed by atoms with E-state index in [0.717, 1.165) is 16.0 Å². The van der Waals surface area contributed by atoms with Crippen molar-refractivity contribution < 1.29 is 9.42 Å². The maximum Gasteiger partial charge on any atom is 0.294 e. The molecule has 0 aliphatic carbocycles. The van der Waals surface area contributed by atoms with Crippen molar-refractivity contribution in [2.24, 2.45) is 5.10 Å². The van der Waals surface area contributed by atoms with Crippen molar-refractivity contribution in [3.8, 4) is 16.4 Å². The molecule has 3 heterocycles. The van der Waals surface area contributed by atoms with E-state index in [1.165, 1.54) is 16.0 Å². The molecule has 0 aliphatic heterocycles. The van der Waals surface area contributed by atoms with Gasteiger partial charge in [-0.25, -0.2) is 10.1 Å². The number of aryl methyl sites for hydroxylation is 1. The third kappa shape index (κ3) is 3.38. The average Bonchev–Trinajstić information content (AvgIpc) is 3.42. The third-order valence-corrected chi connectivity index (χ3v) is 4.67. The van der Waals surface area contributed by atoms with Crippen LogP contribution in [0.25, 0.3) is 16.4 Å². The minimum absolute atomic E-state index is 0.0343. The van der Waals surface area contributed by atoms with Crippen LogP contribution in [0.15, 0.2) is 51.5 Å². The summed E-state index contributed by atoms with van der Waals surface area (Å²) in [5, 5.41) is 21.1. The SMILES string of the molecule is Cc1ccc(C=NNC(=O)c2nnn(-c3nonc3N)c2-c2cccs2)cc1. The highest BCUT2D eigenvalue weighted by molar-refractivity contribution is 7.13. The molecule has 0 atom stereocenters. The van der Waals surface area contributed by atoms with Gasteiger partial charge in [-0.3, -0.25) is 4.79 Å². The van der Waals surface area contributed by atoms with Crippen molar-refractivity contribution >= 4 is 29.3 Å². The number of carbonyl (C=O) groups excluding carboxylic acids is 1. The van der Waals surface area contributed by atoms with Crippen LogP contribution in [0.4, 0.5) is 5.82 Å². The maximum absolute atomic E-state index is 12.6. The maximum atomic E-state index is 12.6. The standard InChI is InChI=1S/C17H14N8O2S/c1-10-4-6-11(7-5-10)9-19-21-17(26)13-14(12-3-2-8-28-12)25(24-20-13)16-15(18)22-27-23-16/h2-9H,1H3,(H2,18,22)(H,21,26). The number of nitrogens with one attached hydrogen (secondary N) is 1. The summed E-state index contributed by atoms with van der Waals surface area (Å²) in [6.45, 7) is 2.00. The number of nitrogens with two attached hydrogens (primary N) is 1. The molecule has 0 radical (unpaired) electrons. The molecule has 0 saturated carbocycles. The van der Waals surface area contributed by atoms with Crippen LogP contribution in [0, 0.1) is 6.92 Å². The molecule has 4 aromatic rings. The van der Waals surface area contributed by atoms with Crippen molar-refractivity contribution in [2.75, 3.05) is 5.73 Å². The monoisotopic (exact) mass is 394 g/mol. The van der Waals surface area contributed by atoms with Gasteiger partial charge >= 0.3 is 0 Å². The van der Waals surface area contributed by atoms with Gasteiger partial charge in [0, 0.05) is 0 Å². The molecule has 0 spiro atoms. The molecule has 0 unspecified atom stereocenters. The first kappa shape index (κ1) is 17.5. The van der Waals surface area contributed by atoms with Crippen molar-refractivity contribution in [1.82, 2.24) is 30.7 Å². The van der Waals surface area contributed by atoms with Gasteiger partial charge in [-0.2, -0.15) is 9.78 Å². The molecule has 0 bridgehead atoms. The Kier molecular flexibility index (Phi) is 4.64. The van der Waals surface area contributed by atoms with Gasteiger partial charge < -0.3 is 5.73 Å². The van der Waals surface area contributed by atoms with Crippen LogP contribution in [0.1, 0.15) is 21.6 Å². The number of carbonyl (C=O) groups is 1. The molecule has 3 N–H and O–H groups in total. The first-order valence-electron chi connectivity index (χ1n) is 8.11. The van der Waals surface area contributed by atoms with Gasteiger partial charge in [-0.05, 0) is 34.2 Å². The summed E-state index contributed by atoms with van der Waals surface area (Å²) in [6.07, 6.45) is 1.55. The first-order valence-corrected chi connectivity index (χ1v) is 8.99. The lowest BCUT2D eigenvalue weighted by atomic mass is 10.2. The van der Waals surface area contributed by atoms with Gasteiger partial charge in [0.25, 0.3) is 5.91 Å². The van der Waals surface area contributed by atoms with E-state index >= 15 is 0 Å². The Balaban J connectivity index is 1.64. The molecule has 1 aromatic carbocycles. The van der Waals surface area contributed by atoms with Gasteiger partial charge in [-0.1, -0.05) is 41.1 Å². The van der Waals surface area contributed by atoms with E-state index in [-0.39, 0.29) is 17.3 Å². The number of aromatic nitrogens is 5. The quantitative estimate of drug-likeness (QED) is 0.390. The predicted octanol–water partition coefficient (Wildman–Crippen LogP) is 2.03. The second-order valence-corrected chi connectivity index (χ2v) is 6.71. The zero-order valence-electron chi connectivity index (χ0n) is 14.6. The van der Waals surface area contributed by atoms with Crippen molar-refractivity contribution in [1.29, 1.82) is 0 Å². The summed E-state index contributed by atoms with van der Waals surface area (Å²) in [4.78, 5) is 13.4. The molecular weight excluding hydrogens is 380 g/mol. The predicted molar refractivity (Wildman–Crippen MR) is 103 cm³/mol. The number of nitrogen functional groups attached to an aromatic ring is 1. The van der Waals surface area contributed by atoms with Crippen molar-refractivity contribution in [3.05, 3.63) is 58.6 Å². The lowest BCUT2D eigenvalue weighted by Gasteiger charge is -2.03. The smallest absolute Gasteiger partial charge is 0.294 e. The summed E-state index contributed by atoms with van der Waals surface area (Å²) < 4.78 is 5.95. The molecule has 140 valence electrons. The number of anilines is 1. The second-order valence-electron chi connectivity index (χ2n) is 5.76. The van der Waals surface area contributed by atoms with Crippen LogP contribution in [-0.2, 0) is 0 Å². The molecule has 0 saturated heterocycles. The highest BCUT2D eigenvalue weighted by Crippen LogP contribution is 2.29. The van der Waals surface area contributed by atoms with Gasteiger partial charge in [-0.15, -0.1) is 16.4 Å². The Morgan fingerprint density at radius 2 is 2.11 bits per heavy atom. The van der Waals surface area contributed by atoms with Crippen LogP contribution >= 0.6 is 11.3 Å². The summed E-state index contributed by atoms with van der Waals surface area (Å²) in [5.74, 6) is -0.335. The number of benzene rings is 1.